The molecule has 61 heavy (non-hydrogen) atoms. The zero-order chi connectivity index (χ0) is 40.3. The second-order valence-corrected chi connectivity index (χ2v) is 16.7. The number of anilines is 3. The molecule has 286 valence electrons. The van der Waals surface area contributed by atoms with Crippen molar-refractivity contribution in [1.29, 1.82) is 0 Å². The average molecular weight is 796 g/mol. The highest BCUT2D eigenvalue weighted by Crippen LogP contribution is 2.50. The van der Waals surface area contributed by atoms with E-state index in [0.717, 1.165) is 61.3 Å². The van der Waals surface area contributed by atoms with E-state index in [4.69, 9.17) is 4.42 Å². The van der Waals surface area contributed by atoms with Crippen molar-refractivity contribution in [3.63, 3.8) is 0 Å². The standard InChI is InChI=1S/C58H37NOS/c1-4-14-38(15-5-1)43-28-32-49-53(36-43)60-58-48(41-18-8-3-9-19-41)34-35-52(57(49)58)59(45-30-26-42(27-31-45)47-23-12-21-40-20-10-11-22-46(40)47)51-24-13-25-54-56(51)50-33-29-44(37-55(50)61-54)39-16-6-2-7-17-39/h1-37H. The molecule has 0 saturated carbocycles. The Hall–Kier alpha value is -7.72. The molecule has 12 aromatic rings. The number of thiophene rings is 1. The van der Waals surface area contributed by atoms with E-state index in [9.17, 15) is 0 Å². The largest absolute Gasteiger partial charge is 0.455 e. The van der Waals surface area contributed by atoms with Crippen LogP contribution in [-0.4, -0.2) is 0 Å². The minimum atomic E-state index is 0.861. The number of nitrogens with zero attached hydrogens (tertiary/aromatic N) is 1. The summed E-state index contributed by atoms with van der Waals surface area (Å²) in [4.78, 5) is 2.46. The molecule has 0 aliphatic rings. The van der Waals surface area contributed by atoms with Crippen molar-refractivity contribution < 1.29 is 4.42 Å². The molecule has 12 rings (SSSR count). The first kappa shape index (κ1) is 35.2. The third-order valence-corrected chi connectivity index (χ3v) is 13.2. The van der Waals surface area contributed by atoms with Gasteiger partial charge in [-0.25, -0.2) is 0 Å². The minimum absolute atomic E-state index is 0.861. The molecule has 0 spiro atoms. The Morgan fingerprint density at radius 3 is 1.69 bits per heavy atom. The minimum Gasteiger partial charge on any atom is -0.455 e. The predicted octanol–water partition coefficient (Wildman–Crippen LogP) is 17.2. The van der Waals surface area contributed by atoms with Gasteiger partial charge in [0, 0.05) is 36.8 Å². The van der Waals surface area contributed by atoms with Crippen molar-refractivity contribution in [2.24, 2.45) is 0 Å². The summed E-state index contributed by atoms with van der Waals surface area (Å²) in [6, 6.07) is 81.0. The summed E-state index contributed by atoms with van der Waals surface area (Å²) >= 11 is 1.86. The molecule has 0 radical (unpaired) electrons. The fourth-order valence-electron chi connectivity index (χ4n) is 9.18. The molecule has 2 nitrogen and oxygen atoms in total. The van der Waals surface area contributed by atoms with E-state index in [1.807, 2.05) is 11.3 Å². The molecule has 0 aliphatic heterocycles. The molecule has 2 heterocycles. The van der Waals surface area contributed by atoms with Crippen LogP contribution in [0.5, 0.6) is 0 Å². The van der Waals surface area contributed by atoms with Crippen LogP contribution in [-0.2, 0) is 0 Å². The van der Waals surface area contributed by atoms with E-state index in [-0.39, 0.29) is 0 Å². The summed E-state index contributed by atoms with van der Waals surface area (Å²) in [5.41, 5.74) is 14.3. The van der Waals surface area contributed by atoms with Crippen LogP contribution in [0, 0.1) is 0 Å². The lowest BCUT2D eigenvalue weighted by atomic mass is 9.97. The van der Waals surface area contributed by atoms with Gasteiger partial charge in [-0.2, -0.15) is 0 Å². The number of benzene rings is 10. The van der Waals surface area contributed by atoms with Crippen molar-refractivity contribution in [2.45, 2.75) is 0 Å². The van der Waals surface area contributed by atoms with Gasteiger partial charge in [0.25, 0.3) is 0 Å². The summed E-state index contributed by atoms with van der Waals surface area (Å²) in [6.45, 7) is 0. The second kappa shape index (κ2) is 14.5. The molecule has 0 saturated heterocycles. The maximum absolute atomic E-state index is 7.05. The lowest BCUT2D eigenvalue weighted by Gasteiger charge is -2.28. The third kappa shape index (κ3) is 6.01. The average Bonchev–Trinajstić information content (AvgIpc) is 3.91. The van der Waals surface area contributed by atoms with E-state index in [2.05, 4.69) is 229 Å². The van der Waals surface area contributed by atoms with Gasteiger partial charge in [-0.05, 0) is 104 Å². The Morgan fingerprint density at radius 1 is 0.344 bits per heavy atom. The van der Waals surface area contributed by atoms with Crippen molar-refractivity contribution in [2.75, 3.05) is 4.90 Å². The fourth-order valence-corrected chi connectivity index (χ4v) is 10.3. The number of hydrogen-bond acceptors (Lipinski definition) is 3. The van der Waals surface area contributed by atoms with Crippen LogP contribution in [0.25, 0.3) is 97.4 Å². The third-order valence-electron chi connectivity index (χ3n) is 12.1. The maximum Gasteiger partial charge on any atom is 0.145 e. The van der Waals surface area contributed by atoms with Crippen LogP contribution in [0.4, 0.5) is 17.1 Å². The van der Waals surface area contributed by atoms with Crippen LogP contribution in [0.2, 0.25) is 0 Å². The van der Waals surface area contributed by atoms with Crippen molar-refractivity contribution in [1.82, 2.24) is 0 Å². The van der Waals surface area contributed by atoms with Gasteiger partial charge in [0.2, 0.25) is 0 Å². The van der Waals surface area contributed by atoms with Gasteiger partial charge in [-0.15, -0.1) is 11.3 Å². The highest BCUT2D eigenvalue weighted by atomic mass is 32.1. The summed E-state index contributed by atoms with van der Waals surface area (Å²) in [5.74, 6) is 0. The van der Waals surface area contributed by atoms with Crippen LogP contribution in [0.15, 0.2) is 229 Å². The van der Waals surface area contributed by atoms with Gasteiger partial charge in [-0.3, -0.25) is 0 Å². The summed E-state index contributed by atoms with van der Waals surface area (Å²) in [6.07, 6.45) is 0. The lowest BCUT2D eigenvalue weighted by Crippen LogP contribution is -2.11. The SMILES string of the molecule is c1ccc(-c2ccc3c(c2)oc2c(-c4ccccc4)ccc(N(c4ccc(-c5cccc6ccccc56)cc4)c4cccc5sc6cc(-c7ccccc7)ccc6c45)c23)cc1. The molecule has 0 bridgehead atoms. The zero-order valence-electron chi connectivity index (χ0n) is 33.1. The monoisotopic (exact) mass is 795 g/mol. The highest BCUT2D eigenvalue weighted by Gasteiger charge is 2.25. The van der Waals surface area contributed by atoms with Crippen molar-refractivity contribution in [3.05, 3.63) is 224 Å². The van der Waals surface area contributed by atoms with Crippen LogP contribution < -0.4 is 4.90 Å². The Bertz CT molecular complexity index is 3560. The first-order chi connectivity index (χ1) is 30.2. The quantitative estimate of drug-likeness (QED) is 0.160. The molecule has 2 aromatic heterocycles. The lowest BCUT2D eigenvalue weighted by molar-refractivity contribution is 0.670. The Kier molecular flexibility index (Phi) is 8.39. The van der Waals surface area contributed by atoms with Crippen LogP contribution in [0.1, 0.15) is 0 Å². The normalized spacial score (nSPS) is 11.6. The number of hydrogen-bond donors (Lipinski definition) is 0. The maximum atomic E-state index is 7.05. The topological polar surface area (TPSA) is 16.4 Å². The van der Waals surface area contributed by atoms with Crippen molar-refractivity contribution in [3.8, 4) is 44.5 Å². The molecular formula is C58H37NOS. The van der Waals surface area contributed by atoms with E-state index < -0.39 is 0 Å². The molecule has 0 N–H and O–H groups in total. The molecular weight excluding hydrogens is 759 g/mol. The first-order valence-corrected chi connectivity index (χ1v) is 21.6. The van der Waals surface area contributed by atoms with Crippen LogP contribution in [0.3, 0.4) is 0 Å². The Morgan fingerprint density at radius 2 is 0.934 bits per heavy atom. The van der Waals surface area contributed by atoms with E-state index in [1.54, 1.807) is 0 Å². The fraction of sp³-hybridized carbons (Fsp3) is 0. The molecule has 0 amide bonds. The molecule has 0 fully saturated rings. The van der Waals surface area contributed by atoms with Gasteiger partial charge in [-0.1, -0.05) is 170 Å². The summed E-state index contributed by atoms with van der Waals surface area (Å²) in [5, 5.41) is 7.12. The van der Waals surface area contributed by atoms with Crippen LogP contribution >= 0.6 is 11.3 Å². The van der Waals surface area contributed by atoms with Gasteiger partial charge in [0.05, 0.1) is 16.8 Å². The predicted molar refractivity (Wildman–Crippen MR) is 261 cm³/mol. The number of furan rings is 1. The molecule has 3 heteroatoms. The van der Waals surface area contributed by atoms with Gasteiger partial charge in [0.15, 0.2) is 0 Å². The Labute approximate surface area is 357 Å². The smallest absolute Gasteiger partial charge is 0.145 e. The Balaban J connectivity index is 1.12. The summed E-state index contributed by atoms with van der Waals surface area (Å²) in [7, 11) is 0. The van der Waals surface area contributed by atoms with Gasteiger partial charge >= 0.3 is 0 Å². The number of rotatable bonds is 7. The van der Waals surface area contributed by atoms with Crippen molar-refractivity contribution >= 4 is 81.3 Å². The summed E-state index contributed by atoms with van der Waals surface area (Å²) < 4.78 is 9.57. The van der Waals surface area contributed by atoms with Gasteiger partial charge in [0.1, 0.15) is 11.2 Å². The van der Waals surface area contributed by atoms with E-state index in [0.29, 0.717) is 0 Å². The zero-order valence-corrected chi connectivity index (χ0v) is 33.9. The first-order valence-electron chi connectivity index (χ1n) is 20.7. The molecule has 0 aliphatic carbocycles. The number of fused-ring (bicyclic) bond motifs is 7. The van der Waals surface area contributed by atoms with E-state index >= 15 is 0 Å². The molecule has 0 unspecified atom stereocenters. The molecule has 0 atom stereocenters. The second-order valence-electron chi connectivity index (χ2n) is 15.6. The highest BCUT2D eigenvalue weighted by molar-refractivity contribution is 7.26. The molecule has 10 aromatic carbocycles. The van der Waals surface area contributed by atoms with E-state index in [1.165, 1.54) is 53.2 Å². The van der Waals surface area contributed by atoms with Gasteiger partial charge < -0.3 is 9.32 Å².